The molecule has 1 saturated heterocycles. The Balaban J connectivity index is 2.03. The molecule has 3 rings (SSSR count). The van der Waals surface area contributed by atoms with Crippen molar-refractivity contribution in [1.82, 2.24) is 10.2 Å². The zero-order valence-corrected chi connectivity index (χ0v) is 13.6. The van der Waals surface area contributed by atoms with E-state index in [0.717, 1.165) is 41.6 Å². The summed E-state index contributed by atoms with van der Waals surface area (Å²) in [5.41, 5.74) is 0.736. The lowest BCUT2D eigenvalue weighted by atomic mass is 9.90. The van der Waals surface area contributed by atoms with Crippen molar-refractivity contribution in [3.8, 4) is 11.5 Å². The van der Waals surface area contributed by atoms with Gasteiger partial charge in [-0.2, -0.15) is 0 Å². The fraction of sp³-hybridized carbons (Fsp3) is 0.562. The third-order valence-electron chi connectivity index (χ3n) is 4.15. The predicted octanol–water partition coefficient (Wildman–Crippen LogP) is 3.23. The van der Waals surface area contributed by atoms with Gasteiger partial charge in [0.25, 0.3) is 0 Å². The molecular weight excluding hydrogens is 284 g/mol. The van der Waals surface area contributed by atoms with Crippen molar-refractivity contribution >= 4 is 17.3 Å². The van der Waals surface area contributed by atoms with Crippen LogP contribution in [0.4, 0.5) is 0 Å². The van der Waals surface area contributed by atoms with Crippen LogP contribution in [0.1, 0.15) is 45.2 Å². The second kappa shape index (κ2) is 5.37. The number of thiocarbonyl (C=S) groups is 1. The van der Waals surface area contributed by atoms with Gasteiger partial charge in [0.2, 0.25) is 0 Å². The Morgan fingerprint density at radius 1 is 1.48 bits per heavy atom. The zero-order valence-electron chi connectivity index (χ0n) is 12.8. The van der Waals surface area contributed by atoms with Crippen molar-refractivity contribution in [2.45, 2.75) is 45.4 Å². The zero-order chi connectivity index (χ0) is 15.0. The highest BCUT2D eigenvalue weighted by molar-refractivity contribution is 7.80. The van der Waals surface area contributed by atoms with Gasteiger partial charge in [0, 0.05) is 18.5 Å². The van der Waals surface area contributed by atoms with Gasteiger partial charge in [0.05, 0.1) is 12.6 Å². The van der Waals surface area contributed by atoms with Crippen LogP contribution < -0.4 is 14.8 Å². The summed E-state index contributed by atoms with van der Waals surface area (Å²) in [5, 5.41) is 4.24. The summed E-state index contributed by atoms with van der Waals surface area (Å²) in [4.78, 5) is 2.16. The Morgan fingerprint density at radius 3 is 3.00 bits per heavy atom. The number of nitrogens with zero attached hydrogens (tertiary/aromatic N) is 1. The van der Waals surface area contributed by atoms with E-state index in [-0.39, 0.29) is 6.04 Å². The first-order chi connectivity index (χ1) is 10.1. The largest absolute Gasteiger partial charge is 0.490 e. The van der Waals surface area contributed by atoms with E-state index in [1.54, 1.807) is 0 Å². The maximum Gasteiger partial charge on any atom is 0.184 e. The molecule has 2 atom stereocenters. The normalized spacial score (nSPS) is 26.7. The molecule has 2 aliphatic rings. The van der Waals surface area contributed by atoms with Crippen molar-refractivity contribution in [1.29, 1.82) is 0 Å². The van der Waals surface area contributed by atoms with E-state index in [9.17, 15) is 0 Å². The molecule has 0 radical (unpaired) electrons. The van der Waals surface area contributed by atoms with Crippen LogP contribution in [0.15, 0.2) is 18.2 Å². The van der Waals surface area contributed by atoms with Crippen molar-refractivity contribution in [2.24, 2.45) is 0 Å². The molecule has 0 amide bonds. The molecule has 1 fully saturated rings. The Morgan fingerprint density at radius 2 is 2.29 bits per heavy atom. The summed E-state index contributed by atoms with van der Waals surface area (Å²) in [7, 11) is 0. The minimum atomic E-state index is -0.400. The topological polar surface area (TPSA) is 33.7 Å². The van der Waals surface area contributed by atoms with Gasteiger partial charge in [-0.05, 0) is 38.6 Å². The predicted molar refractivity (Wildman–Crippen MR) is 86.7 cm³/mol. The minimum absolute atomic E-state index is 0.194. The van der Waals surface area contributed by atoms with Gasteiger partial charge < -0.3 is 19.7 Å². The van der Waals surface area contributed by atoms with Crippen LogP contribution in [0.3, 0.4) is 0 Å². The van der Waals surface area contributed by atoms with Crippen LogP contribution in [-0.2, 0) is 0 Å². The number of hydrogen-bond acceptors (Lipinski definition) is 3. The van der Waals surface area contributed by atoms with Crippen molar-refractivity contribution < 1.29 is 9.47 Å². The van der Waals surface area contributed by atoms with Crippen LogP contribution in [0, 0.1) is 0 Å². The summed E-state index contributed by atoms with van der Waals surface area (Å²) >= 11 is 5.54. The van der Waals surface area contributed by atoms with E-state index >= 15 is 0 Å². The first kappa shape index (κ1) is 14.4. The molecule has 0 saturated carbocycles. The molecule has 1 N–H and O–H groups in total. The first-order valence-electron chi connectivity index (χ1n) is 7.62. The fourth-order valence-electron chi connectivity index (χ4n) is 3.23. The smallest absolute Gasteiger partial charge is 0.184 e. The van der Waals surface area contributed by atoms with Crippen LogP contribution in [-0.4, -0.2) is 28.9 Å². The molecule has 1 aromatic carbocycles. The van der Waals surface area contributed by atoms with Gasteiger partial charge in [-0.25, -0.2) is 0 Å². The van der Waals surface area contributed by atoms with E-state index in [0.29, 0.717) is 6.61 Å². The first-order valence-corrected chi connectivity index (χ1v) is 8.02. The third kappa shape index (κ3) is 2.33. The van der Waals surface area contributed by atoms with Gasteiger partial charge in [0.15, 0.2) is 22.3 Å². The molecule has 0 aromatic heterocycles. The van der Waals surface area contributed by atoms with Crippen molar-refractivity contribution in [2.75, 3.05) is 13.2 Å². The number of rotatable bonds is 4. The number of para-hydroxylation sites is 1. The molecule has 2 heterocycles. The molecule has 21 heavy (non-hydrogen) atoms. The molecule has 2 bridgehead atoms. The van der Waals surface area contributed by atoms with E-state index in [4.69, 9.17) is 21.7 Å². The average molecular weight is 306 g/mol. The molecule has 2 unspecified atom stereocenters. The minimum Gasteiger partial charge on any atom is -0.490 e. The standard InChI is InChI=1S/C16H22N2O2S/c1-4-9-18-15(21)17-12-10-16(18,3)20-14-11(12)7-6-8-13(14)19-5-2/h6-8,12H,4-5,9-10H2,1-3H3,(H,17,21). The second-order valence-electron chi connectivity index (χ2n) is 5.74. The lowest BCUT2D eigenvalue weighted by molar-refractivity contribution is -0.0697. The lowest BCUT2D eigenvalue weighted by Gasteiger charge is -2.52. The number of nitrogens with one attached hydrogen (secondary N) is 1. The quantitative estimate of drug-likeness (QED) is 0.864. The van der Waals surface area contributed by atoms with Gasteiger partial charge >= 0.3 is 0 Å². The van der Waals surface area contributed by atoms with Gasteiger partial charge in [-0.15, -0.1) is 0 Å². The van der Waals surface area contributed by atoms with Crippen molar-refractivity contribution in [3.63, 3.8) is 0 Å². The van der Waals surface area contributed by atoms with E-state index < -0.39 is 5.72 Å². The molecule has 0 aliphatic carbocycles. The van der Waals surface area contributed by atoms with Crippen LogP contribution in [0.2, 0.25) is 0 Å². The Bertz CT molecular complexity index is 563. The van der Waals surface area contributed by atoms with Gasteiger partial charge in [-0.1, -0.05) is 19.1 Å². The Hall–Kier alpha value is -1.49. The highest BCUT2D eigenvalue weighted by Gasteiger charge is 2.47. The number of ether oxygens (including phenoxy) is 2. The average Bonchev–Trinajstić information content (AvgIpc) is 2.44. The third-order valence-corrected chi connectivity index (χ3v) is 4.49. The summed E-state index contributed by atoms with van der Waals surface area (Å²) in [6, 6.07) is 6.27. The van der Waals surface area contributed by atoms with Gasteiger partial charge in [-0.3, -0.25) is 0 Å². The SMILES string of the molecule is CCCN1C(=S)NC2CC1(C)Oc1c(OCC)cccc12. The summed E-state index contributed by atoms with van der Waals surface area (Å²) < 4.78 is 12.1. The molecule has 4 nitrogen and oxygen atoms in total. The highest BCUT2D eigenvalue weighted by atomic mass is 32.1. The second-order valence-corrected chi connectivity index (χ2v) is 6.13. The van der Waals surface area contributed by atoms with E-state index in [1.165, 1.54) is 0 Å². The number of hydrogen-bond donors (Lipinski definition) is 1. The molecule has 114 valence electrons. The summed E-state index contributed by atoms with van der Waals surface area (Å²) in [5.74, 6) is 1.67. The van der Waals surface area contributed by atoms with Crippen LogP contribution in [0.25, 0.3) is 0 Å². The molecule has 1 aromatic rings. The lowest BCUT2D eigenvalue weighted by Crippen LogP contribution is -2.64. The molecule has 5 heteroatoms. The molecule has 0 spiro atoms. The Labute approximate surface area is 131 Å². The van der Waals surface area contributed by atoms with Crippen LogP contribution in [0.5, 0.6) is 11.5 Å². The van der Waals surface area contributed by atoms with Gasteiger partial charge in [0.1, 0.15) is 0 Å². The summed E-state index contributed by atoms with van der Waals surface area (Å²) in [6.07, 6.45) is 1.92. The van der Waals surface area contributed by atoms with Crippen LogP contribution >= 0.6 is 12.2 Å². The number of fused-ring (bicyclic) bond motifs is 4. The van der Waals surface area contributed by atoms with E-state index in [2.05, 4.69) is 30.1 Å². The molecular formula is C16H22N2O2S. The fourth-order valence-corrected chi connectivity index (χ4v) is 3.66. The number of benzene rings is 1. The maximum absolute atomic E-state index is 6.38. The summed E-state index contributed by atoms with van der Waals surface area (Å²) in [6.45, 7) is 7.78. The maximum atomic E-state index is 6.38. The van der Waals surface area contributed by atoms with Crippen molar-refractivity contribution in [3.05, 3.63) is 23.8 Å². The monoisotopic (exact) mass is 306 g/mol. The Kier molecular flexibility index (Phi) is 3.69. The molecule has 2 aliphatic heterocycles. The highest BCUT2D eigenvalue weighted by Crippen LogP contribution is 2.48. The van der Waals surface area contributed by atoms with E-state index in [1.807, 2.05) is 19.1 Å².